The van der Waals surface area contributed by atoms with Crippen LogP contribution in [0.3, 0.4) is 0 Å². The quantitative estimate of drug-likeness (QED) is 0.789. The minimum Gasteiger partial charge on any atom is -0.386 e. The molecule has 1 saturated carbocycles. The molecule has 22 heavy (non-hydrogen) atoms. The van der Waals surface area contributed by atoms with Crippen LogP contribution in [0.1, 0.15) is 30.9 Å². The summed E-state index contributed by atoms with van der Waals surface area (Å²) in [5.74, 6) is -0.389. The number of halogens is 2. The molecule has 3 rings (SSSR count). The molecule has 6 heteroatoms. The minimum atomic E-state index is -1.00. The highest BCUT2D eigenvalue weighted by atomic mass is 35.5. The highest BCUT2D eigenvalue weighted by Crippen LogP contribution is 2.58. The summed E-state index contributed by atoms with van der Waals surface area (Å²) in [5, 5.41) is 16.1. The minimum absolute atomic E-state index is 0. The molecule has 1 aromatic rings. The summed E-state index contributed by atoms with van der Waals surface area (Å²) in [6, 6.07) is 6.10. The van der Waals surface area contributed by atoms with E-state index in [1.54, 1.807) is 12.1 Å². The first-order valence-electron chi connectivity index (χ1n) is 7.53. The molecule has 3 N–H and O–H groups in total. The predicted octanol–water partition coefficient (Wildman–Crippen LogP) is 1.79. The summed E-state index contributed by atoms with van der Waals surface area (Å²) >= 11 is 0. The number of carbonyl (C=O) groups excluding carboxylic acids is 1. The lowest BCUT2D eigenvalue weighted by Crippen LogP contribution is -2.35. The fourth-order valence-corrected chi connectivity index (χ4v) is 3.37. The molecule has 1 aliphatic carbocycles. The molecule has 1 aromatic carbocycles. The second kappa shape index (κ2) is 6.94. The van der Waals surface area contributed by atoms with Crippen molar-refractivity contribution in [3.05, 3.63) is 35.6 Å². The van der Waals surface area contributed by atoms with Crippen molar-refractivity contribution in [1.82, 2.24) is 10.6 Å². The molecular formula is C16H22ClFN2O2. The third-order valence-corrected chi connectivity index (χ3v) is 4.84. The lowest BCUT2D eigenvalue weighted by molar-refractivity contribution is -0.123. The Balaban J connectivity index is 0.00000176. The first kappa shape index (κ1) is 17.2. The van der Waals surface area contributed by atoms with E-state index >= 15 is 0 Å². The van der Waals surface area contributed by atoms with E-state index in [1.165, 1.54) is 12.1 Å². The number of hydrogen-bond acceptors (Lipinski definition) is 3. The Hall–Kier alpha value is -1.17. The van der Waals surface area contributed by atoms with Gasteiger partial charge in [0.25, 0.3) is 0 Å². The van der Waals surface area contributed by atoms with Gasteiger partial charge in [-0.25, -0.2) is 4.39 Å². The van der Waals surface area contributed by atoms with Gasteiger partial charge in [-0.05, 0) is 43.8 Å². The van der Waals surface area contributed by atoms with Crippen LogP contribution >= 0.6 is 12.4 Å². The van der Waals surface area contributed by atoms with E-state index in [4.69, 9.17) is 0 Å². The number of carbonyl (C=O) groups is 1. The monoisotopic (exact) mass is 328 g/mol. The maximum Gasteiger partial charge on any atom is 0.223 e. The van der Waals surface area contributed by atoms with Gasteiger partial charge in [0.1, 0.15) is 5.82 Å². The van der Waals surface area contributed by atoms with Crippen molar-refractivity contribution < 1.29 is 14.3 Å². The molecular weight excluding hydrogens is 307 g/mol. The molecule has 1 saturated heterocycles. The Labute approximate surface area is 135 Å². The standard InChI is InChI=1S/C16H21FN2O2.ClH/c17-13-4-2-1-3-11(13)14(20)10-19-15(21)12-9-16(12)5-7-18-8-6-16;/h1-4,12,14,18,20H,5-10H2,(H,19,21);1H. The fraction of sp³-hybridized carbons (Fsp3) is 0.562. The van der Waals surface area contributed by atoms with E-state index in [0.29, 0.717) is 0 Å². The Morgan fingerprint density at radius 2 is 2.09 bits per heavy atom. The van der Waals surface area contributed by atoms with Crippen LogP contribution in [-0.2, 0) is 4.79 Å². The van der Waals surface area contributed by atoms with Crippen molar-refractivity contribution in [3.8, 4) is 0 Å². The molecule has 0 bridgehead atoms. The van der Waals surface area contributed by atoms with E-state index in [9.17, 15) is 14.3 Å². The molecule has 4 nitrogen and oxygen atoms in total. The molecule has 1 aliphatic heterocycles. The Kier molecular flexibility index (Phi) is 5.42. The average molecular weight is 329 g/mol. The number of nitrogens with one attached hydrogen (secondary N) is 2. The maximum atomic E-state index is 13.5. The Bertz CT molecular complexity index is 535. The zero-order valence-corrected chi connectivity index (χ0v) is 13.2. The van der Waals surface area contributed by atoms with Crippen molar-refractivity contribution in [1.29, 1.82) is 0 Å². The molecule has 1 heterocycles. The molecule has 1 spiro atoms. The van der Waals surface area contributed by atoms with Crippen LogP contribution in [0, 0.1) is 17.2 Å². The molecule has 2 aliphatic rings. The summed E-state index contributed by atoms with van der Waals surface area (Å²) in [6.07, 6.45) is 2.02. The van der Waals surface area contributed by atoms with Crippen LogP contribution in [0.5, 0.6) is 0 Å². The van der Waals surface area contributed by atoms with Gasteiger partial charge < -0.3 is 15.7 Å². The van der Waals surface area contributed by atoms with E-state index in [1.807, 2.05) is 0 Å². The van der Waals surface area contributed by atoms with Gasteiger partial charge in [0, 0.05) is 18.0 Å². The third-order valence-electron chi connectivity index (χ3n) is 4.84. The summed E-state index contributed by atoms with van der Waals surface area (Å²) in [6.45, 7) is 2.01. The van der Waals surface area contributed by atoms with Gasteiger partial charge in [0.15, 0.2) is 0 Å². The van der Waals surface area contributed by atoms with Crippen LogP contribution in [-0.4, -0.2) is 30.6 Å². The number of amides is 1. The highest BCUT2D eigenvalue weighted by Gasteiger charge is 2.57. The smallest absolute Gasteiger partial charge is 0.223 e. The van der Waals surface area contributed by atoms with Gasteiger partial charge in [-0.15, -0.1) is 12.4 Å². The number of aliphatic hydroxyl groups is 1. The normalized spacial score (nSPS) is 23.5. The number of rotatable bonds is 4. The van der Waals surface area contributed by atoms with Crippen LogP contribution < -0.4 is 10.6 Å². The van der Waals surface area contributed by atoms with Gasteiger partial charge in [-0.3, -0.25) is 4.79 Å². The second-order valence-electron chi connectivity index (χ2n) is 6.15. The van der Waals surface area contributed by atoms with Crippen molar-refractivity contribution in [2.45, 2.75) is 25.4 Å². The molecule has 122 valence electrons. The zero-order chi connectivity index (χ0) is 14.9. The van der Waals surface area contributed by atoms with Gasteiger partial charge in [0.05, 0.1) is 6.10 Å². The average Bonchev–Trinajstić information content (AvgIpc) is 3.19. The lowest BCUT2D eigenvalue weighted by atomic mass is 9.92. The summed E-state index contributed by atoms with van der Waals surface area (Å²) in [7, 11) is 0. The number of piperidine rings is 1. The summed E-state index contributed by atoms with van der Waals surface area (Å²) in [4.78, 5) is 12.2. The van der Waals surface area contributed by atoms with Gasteiger partial charge in [0.2, 0.25) is 5.91 Å². The van der Waals surface area contributed by atoms with Gasteiger partial charge in [-0.1, -0.05) is 18.2 Å². The van der Waals surface area contributed by atoms with Crippen molar-refractivity contribution >= 4 is 18.3 Å². The molecule has 2 unspecified atom stereocenters. The molecule has 0 radical (unpaired) electrons. The van der Waals surface area contributed by atoms with E-state index < -0.39 is 11.9 Å². The Morgan fingerprint density at radius 3 is 2.77 bits per heavy atom. The third kappa shape index (κ3) is 3.42. The van der Waals surface area contributed by atoms with E-state index in [-0.39, 0.29) is 41.8 Å². The Morgan fingerprint density at radius 1 is 1.41 bits per heavy atom. The number of aliphatic hydroxyl groups excluding tert-OH is 1. The largest absolute Gasteiger partial charge is 0.386 e. The first-order valence-corrected chi connectivity index (χ1v) is 7.53. The first-order chi connectivity index (χ1) is 10.1. The van der Waals surface area contributed by atoms with E-state index in [0.717, 1.165) is 32.4 Å². The van der Waals surface area contributed by atoms with E-state index in [2.05, 4.69) is 10.6 Å². The van der Waals surface area contributed by atoms with Crippen molar-refractivity contribution in [2.24, 2.45) is 11.3 Å². The highest BCUT2D eigenvalue weighted by molar-refractivity contribution is 5.85. The van der Waals surface area contributed by atoms with Crippen LogP contribution in [0.25, 0.3) is 0 Å². The fourth-order valence-electron chi connectivity index (χ4n) is 3.37. The topological polar surface area (TPSA) is 61.4 Å². The van der Waals surface area contributed by atoms with Crippen LogP contribution in [0.4, 0.5) is 4.39 Å². The van der Waals surface area contributed by atoms with Crippen molar-refractivity contribution in [2.75, 3.05) is 19.6 Å². The van der Waals surface area contributed by atoms with Crippen LogP contribution in [0.2, 0.25) is 0 Å². The number of benzene rings is 1. The second-order valence-corrected chi connectivity index (χ2v) is 6.15. The molecule has 0 aromatic heterocycles. The SMILES string of the molecule is Cl.O=C(NCC(O)c1ccccc1F)C1CC12CCNCC2. The van der Waals surface area contributed by atoms with Crippen LogP contribution in [0.15, 0.2) is 24.3 Å². The predicted molar refractivity (Wildman–Crippen MR) is 84.3 cm³/mol. The lowest BCUT2D eigenvalue weighted by Gasteiger charge is -2.23. The zero-order valence-electron chi connectivity index (χ0n) is 12.3. The molecule has 1 amide bonds. The summed E-state index contributed by atoms with van der Waals surface area (Å²) < 4.78 is 13.5. The van der Waals surface area contributed by atoms with Gasteiger partial charge in [-0.2, -0.15) is 0 Å². The molecule has 2 atom stereocenters. The molecule has 2 fully saturated rings. The van der Waals surface area contributed by atoms with Crippen molar-refractivity contribution in [3.63, 3.8) is 0 Å². The maximum absolute atomic E-state index is 13.5. The summed E-state index contributed by atoms with van der Waals surface area (Å²) in [5.41, 5.74) is 0.406. The number of hydrogen-bond donors (Lipinski definition) is 3. The van der Waals surface area contributed by atoms with Gasteiger partial charge >= 0.3 is 0 Å².